The normalized spacial score (nSPS) is 12.4. The molecular weight excluding hydrogens is 184 g/mol. The minimum absolute atomic E-state index is 0.133. The van der Waals surface area contributed by atoms with Gasteiger partial charge in [-0.25, -0.2) is 0 Å². The highest BCUT2D eigenvalue weighted by atomic mass is 14.8. The van der Waals surface area contributed by atoms with Crippen LogP contribution in [0.4, 0.5) is 0 Å². The largest absolute Gasteiger partial charge is 0.319 e. The van der Waals surface area contributed by atoms with Gasteiger partial charge in [0.2, 0.25) is 0 Å². The van der Waals surface area contributed by atoms with Crippen LogP contribution in [-0.2, 0) is 0 Å². The van der Waals surface area contributed by atoms with Gasteiger partial charge < -0.3 is 5.73 Å². The molecule has 2 N–H and O–H groups in total. The van der Waals surface area contributed by atoms with Crippen LogP contribution >= 0.6 is 0 Å². The van der Waals surface area contributed by atoms with Crippen LogP contribution in [-0.4, -0.2) is 4.98 Å². The average molecular weight is 198 g/mol. The van der Waals surface area contributed by atoms with Gasteiger partial charge in [-0.2, -0.15) is 0 Å². The molecule has 15 heavy (non-hydrogen) atoms. The number of aryl methyl sites for hydroxylation is 1. The predicted molar refractivity (Wildman–Crippen MR) is 61.4 cm³/mol. The number of rotatable bonds is 2. The molecule has 1 aromatic heterocycles. The van der Waals surface area contributed by atoms with E-state index in [1.165, 1.54) is 5.56 Å². The first-order chi connectivity index (χ1) is 7.27. The fraction of sp³-hybridized carbons (Fsp3) is 0.154. The van der Waals surface area contributed by atoms with E-state index < -0.39 is 0 Å². The Labute approximate surface area is 89.8 Å². The van der Waals surface area contributed by atoms with Crippen molar-refractivity contribution in [1.82, 2.24) is 4.98 Å². The Bertz CT molecular complexity index is 420. The van der Waals surface area contributed by atoms with Gasteiger partial charge in [-0.05, 0) is 24.6 Å². The van der Waals surface area contributed by atoms with Crippen molar-refractivity contribution in [3.63, 3.8) is 0 Å². The topological polar surface area (TPSA) is 38.9 Å². The van der Waals surface area contributed by atoms with Crippen molar-refractivity contribution < 1.29 is 0 Å². The summed E-state index contributed by atoms with van der Waals surface area (Å²) >= 11 is 0. The predicted octanol–water partition coefficient (Wildman–Crippen LogP) is 2.44. The lowest BCUT2D eigenvalue weighted by atomic mass is 10.0. The van der Waals surface area contributed by atoms with E-state index in [9.17, 15) is 0 Å². The van der Waals surface area contributed by atoms with Crippen molar-refractivity contribution in [1.29, 1.82) is 0 Å². The highest BCUT2D eigenvalue weighted by molar-refractivity contribution is 5.29. The Kier molecular flexibility index (Phi) is 2.79. The van der Waals surface area contributed by atoms with E-state index in [2.05, 4.69) is 36.2 Å². The second kappa shape index (κ2) is 4.24. The molecule has 1 atom stereocenters. The molecule has 2 nitrogen and oxygen atoms in total. The molecule has 0 amide bonds. The van der Waals surface area contributed by atoms with Gasteiger partial charge >= 0.3 is 0 Å². The minimum atomic E-state index is -0.133. The van der Waals surface area contributed by atoms with Crippen LogP contribution in [0.1, 0.15) is 22.9 Å². The van der Waals surface area contributed by atoms with Crippen molar-refractivity contribution in [2.24, 2.45) is 5.73 Å². The fourth-order valence-corrected chi connectivity index (χ4v) is 1.50. The van der Waals surface area contributed by atoms with E-state index in [1.807, 2.05) is 18.2 Å². The maximum Gasteiger partial charge on any atom is 0.0726 e. The number of hydrogen-bond acceptors (Lipinski definition) is 2. The summed E-state index contributed by atoms with van der Waals surface area (Å²) in [5.41, 5.74) is 9.35. The van der Waals surface area contributed by atoms with Gasteiger partial charge in [0.05, 0.1) is 11.7 Å². The minimum Gasteiger partial charge on any atom is -0.319 e. The molecule has 0 aliphatic carbocycles. The van der Waals surface area contributed by atoms with Gasteiger partial charge in [0, 0.05) is 6.20 Å². The standard InChI is InChI=1S/C13H14N2/c1-10-5-7-11(8-6-10)13(14)12-4-2-3-9-15-12/h2-9,13H,14H2,1H3. The molecule has 1 aromatic carbocycles. The maximum atomic E-state index is 6.10. The molecule has 2 rings (SSSR count). The molecular formula is C13H14N2. The zero-order valence-corrected chi connectivity index (χ0v) is 8.72. The first-order valence-electron chi connectivity index (χ1n) is 5.00. The summed E-state index contributed by atoms with van der Waals surface area (Å²) < 4.78 is 0. The Morgan fingerprint density at radius 3 is 2.40 bits per heavy atom. The van der Waals surface area contributed by atoms with Gasteiger partial charge in [0.1, 0.15) is 0 Å². The van der Waals surface area contributed by atoms with Crippen LogP contribution in [0.15, 0.2) is 48.7 Å². The summed E-state index contributed by atoms with van der Waals surface area (Å²) in [6.07, 6.45) is 1.77. The Hall–Kier alpha value is -1.67. The number of pyridine rings is 1. The summed E-state index contributed by atoms with van der Waals surface area (Å²) in [6.45, 7) is 2.07. The number of benzene rings is 1. The van der Waals surface area contributed by atoms with Crippen LogP contribution < -0.4 is 5.73 Å². The van der Waals surface area contributed by atoms with Gasteiger partial charge in [0.25, 0.3) is 0 Å². The molecule has 0 saturated carbocycles. The fourth-order valence-electron chi connectivity index (χ4n) is 1.50. The smallest absolute Gasteiger partial charge is 0.0726 e. The monoisotopic (exact) mass is 198 g/mol. The lowest BCUT2D eigenvalue weighted by molar-refractivity contribution is 0.828. The Morgan fingerprint density at radius 2 is 1.80 bits per heavy atom. The van der Waals surface area contributed by atoms with Crippen molar-refractivity contribution >= 4 is 0 Å². The second-order valence-corrected chi connectivity index (χ2v) is 3.64. The number of hydrogen-bond donors (Lipinski definition) is 1. The van der Waals surface area contributed by atoms with Crippen LogP contribution in [0.2, 0.25) is 0 Å². The summed E-state index contributed by atoms with van der Waals surface area (Å²) in [7, 11) is 0. The molecule has 0 spiro atoms. The molecule has 0 saturated heterocycles. The molecule has 1 heterocycles. The summed E-state index contributed by atoms with van der Waals surface area (Å²) in [6, 6.07) is 13.9. The third kappa shape index (κ3) is 2.22. The number of nitrogens with zero attached hydrogens (tertiary/aromatic N) is 1. The van der Waals surface area contributed by atoms with Crippen LogP contribution in [0.3, 0.4) is 0 Å². The summed E-state index contributed by atoms with van der Waals surface area (Å²) in [5.74, 6) is 0. The molecule has 0 aliphatic rings. The van der Waals surface area contributed by atoms with Gasteiger partial charge in [0.15, 0.2) is 0 Å². The highest BCUT2D eigenvalue weighted by Gasteiger charge is 2.08. The molecule has 2 heteroatoms. The zero-order chi connectivity index (χ0) is 10.7. The highest BCUT2D eigenvalue weighted by Crippen LogP contribution is 2.17. The number of nitrogens with two attached hydrogens (primary N) is 1. The van der Waals surface area contributed by atoms with E-state index >= 15 is 0 Å². The van der Waals surface area contributed by atoms with E-state index in [1.54, 1.807) is 6.20 Å². The van der Waals surface area contributed by atoms with Crippen molar-refractivity contribution in [2.75, 3.05) is 0 Å². The van der Waals surface area contributed by atoms with Gasteiger partial charge in [-0.15, -0.1) is 0 Å². The number of aromatic nitrogens is 1. The molecule has 2 aromatic rings. The van der Waals surface area contributed by atoms with E-state index in [-0.39, 0.29) is 6.04 Å². The first kappa shape index (κ1) is 9.87. The molecule has 0 bridgehead atoms. The molecule has 0 fully saturated rings. The second-order valence-electron chi connectivity index (χ2n) is 3.64. The SMILES string of the molecule is Cc1ccc(C(N)c2ccccn2)cc1. The molecule has 1 unspecified atom stereocenters. The van der Waals surface area contributed by atoms with Crippen LogP contribution in [0, 0.1) is 6.92 Å². The summed E-state index contributed by atoms with van der Waals surface area (Å²) in [5, 5.41) is 0. The van der Waals surface area contributed by atoms with Crippen LogP contribution in [0.5, 0.6) is 0 Å². The van der Waals surface area contributed by atoms with Gasteiger partial charge in [-0.3, -0.25) is 4.98 Å². The third-order valence-electron chi connectivity index (χ3n) is 2.44. The van der Waals surface area contributed by atoms with Crippen molar-refractivity contribution in [3.05, 3.63) is 65.5 Å². The molecule has 0 radical (unpaired) electrons. The third-order valence-corrected chi connectivity index (χ3v) is 2.44. The zero-order valence-electron chi connectivity index (χ0n) is 8.72. The lowest BCUT2D eigenvalue weighted by Gasteiger charge is -2.11. The average Bonchev–Trinajstić information content (AvgIpc) is 2.30. The quantitative estimate of drug-likeness (QED) is 0.805. The Morgan fingerprint density at radius 1 is 1.07 bits per heavy atom. The van der Waals surface area contributed by atoms with Crippen LogP contribution in [0.25, 0.3) is 0 Å². The lowest BCUT2D eigenvalue weighted by Crippen LogP contribution is -2.13. The van der Waals surface area contributed by atoms with Gasteiger partial charge in [-0.1, -0.05) is 35.9 Å². The Balaban J connectivity index is 2.29. The van der Waals surface area contributed by atoms with Crippen molar-refractivity contribution in [2.45, 2.75) is 13.0 Å². The van der Waals surface area contributed by atoms with Crippen molar-refractivity contribution in [3.8, 4) is 0 Å². The van der Waals surface area contributed by atoms with E-state index in [0.29, 0.717) is 0 Å². The maximum absolute atomic E-state index is 6.10. The molecule has 76 valence electrons. The summed E-state index contributed by atoms with van der Waals surface area (Å²) in [4.78, 5) is 4.25. The van der Waals surface area contributed by atoms with E-state index in [4.69, 9.17) is 5.73 Å². The first-order valence-corrected chi connectivity index (χ1v) is 5.00. The molecule has 0 aliphatic heterocycles. The van der Waals surface area contributed by atoms with E-state index in [0.717, 1.165) is 11.3 Å².